The van der Waals surface area contributed by atoms with Gasteiger partial charge in [0.05, 0.1) is 6.04 Å². The molecule has 0 aromatic heterocycles. The summed E-state index contributed by atoms with van der Waals surface area (Å²) in [6.07, 6.45) is 1.30. The van der Waals surface area contributed by atoms with Gasteiger partial charge in [0.15, 0.2) is 5.78 Å². The molecule has 20 heavy (non-hydrogen) atoms. The van der Waals surface area contributed by atoms with Crippen molar-refractivity contribution in [3.63, 3.8) is 0 Å². The Labute approximate surface area is 119 Å². The summed E-state index contributed by atoms with van der Waals surface area (Å²) in [5.41, 5.74) is 5.98. The van der Waals surface area contributed by atoms with Gasteiger partial charge < -0.3 is 5.32 Å². The lowest BCUT2D eigenvalue weighted by Gasteiger charge is -2.26. The highest BCUT2D eigenvalue weighted by Crippen LogP contribution is 2.24. The number of nitrogens with one attached hydrogen (secondary N) is 1. The zero-order chi connectivity index (χ0) is 14.1. The first-order valence-electron chi connectivity index (χ1n) is 7.07. The molecule has 1 N–H and O–H groups in total. The van der Waals surface area contributed by atoms with Crippen LogP contribution >= 0.6 is 0 Å². The summed E-state index contributed by atoms with van der Waals surface area (Å²) in [6.45, 7) is 4.21. The maximum atomic E-state index is 12.3. The number of hydrogen-bond acceptors (Lipinski definition) is 2. The van der Waals surface area contributed by atoms with Gasteiger partial charge in [0.25, 0.3) is 0 Å². The van der Waals surface area contributed by atoms with E-state index in [4.69, 9.17) is 0 Å². The normalized spacial score (nSPS) is 17.5. The molecular weight excluding hydrogens is 246 g/mol. The Balaban J connectivity index is 1.83. The van der Waals surface area contributed by atoms with Gasteiger partial charge in [-0.1, -0.05) is 42.0 Å². The molecule has 1 aliphatic heterocycles. The van der Waals surface area contributed by atoms with E-state index in [2.05, 4.69) is 43.4 Å². The van der Waals surface area contributed by atoms with Gasteiger partial charge in [-0.3, -0.25) is 4.79 Å². The van der Waals surface area contributed by atoms with Crippen LogP contribution in [0.25, 0.3) is 0 Å². The van der Waals surface area contributed by atoms with E-state index in [0.29, 0.717) is 6.42 Å². The summed E-state index contributed by atoms with van der Waals surface area (Å²) in [5.74, 6) is 0.281. The van der Waals surface area contributed by atoms with E-state index in [-0.39, 0.29) is 11.8 Å². The van der Waals surface area contributed by atoms with Crippen molar-refractivity contribution in [2.45, 2.75) is 32.7 Å². The van der Waals surface area contributed by atoms with Crippen molar-refractivity contribution in [2.24, 2.45) is 0 Å². The molecule has 0 spiro atoms. The summed E-state index contributed by atoms with van der Waals surface area (Å²) < 4.78 is 0. The second kappa shape index (κ2) is 5.12. The van der Waals surface area contributed by atoms with E-state index in [1.807, 2.05) is 18.2 Å². The molecule has 0 amide bonds. The van der Waals surface area contributed by atoms with Crippen LogP contribution in [0.1, 0.15) is 22.3 Å². The molecule has 2 aromatic carbocycles. The van der Waals surface area contributed by atoms with Crippen molar-refractivity contribution in [3.8, 4) is 0 Å². The Morgan fingerprint density at radius 3 is 2.75 bits per heavy atom. The fraction of sp³-hybridized carbons (Fsp3) is 0.278. The molecule has 2 aromatic rings. The third-order valence-corrected chi connectivity index (χ3v) is 4.02. The van der Waals surface area contributed by atoms with E-state index in [9.17, 15) is 4.79 Å². The third-order valence-electron chi connectivity index (χ3n) is 4.02. The number of carbonyl (C=O) groups is 1. The summed E-state index contributed by atoms with van der Waals surface area (Å²) in [7, 11) is 0. The largest absolute Gasteiger partial charge is 0.375 e. The monoisotopic (exact) mass is 265 g/mol. The van der Waals surface area contributed by atoms with Crippen molar-refractivity contribution < 1.29 is 4.79 Å². The lowest BCUT2D eigenvalue weighted by Crippen LogP contribution is -2.37. The number of hydrogen-bond donors (Lipinski definition) is 1. The Kier molecular flexibility index (Phi) is 3.31. The van der Waals surface area contributed by atoms with Crippen LogP contribution in [0.2, 0.25) is 0 Å². The molecule has 1 heterocycles. The van der Waals surface area contributed by atoms with Crippen molar-refractivity contribution in [3.05, 3.63) is 64.7 Å². The molecule has 2 nitrogen and oxygen atoms in total. The van der Waals surface area contributed by atoms with Crippen molar-refractivity contribution >= 4 is 11.5 Å². The van der Waals surface area contributed by atoms with Crippen LogP contribution < -0.4 is 5.32 Å². The van der Waals surface area contributed by atoms with Crippen LogP contribution in [0.15, 0.2) is 42.5 Å². The average molecular weight is 265 g/mol. The Morgan fingerprint density at radius 2 is 1.95 bits per heavy atom. The van der Waals surface area contributed by atoms with Crippen molar-refractivity contribution in [1.29, 1.82) is 0 Å². The summed E-state index contributed by atoms with van der Waals surface area (Å²) in [5, 5.41) is 3.39. The van der Waals surface area contributed by atoms with Gasteiger partial charge >= 0.3 is 0 Å². The standard InChI is InChI=1S/C18H19NO/c1-12-7-8-14(13(2)9-12)10-17-18(20)11-15-5-3-4-6-16(15)19-17/h3-9,17,19H,10-11H2,1-2H3/t17-/m1/s1. The smallest absolute Gasteiger partial charge is 0.159 e. The van der Waals surface area contributed by atoms with E-state index in [1.54, 1.807) is 0 Å². The van der Waals surface area contributed by atoms with Gasteiger partial charge in [-0.05, 0) is 43.0 Å². The Morgan fingerprint density at radius 1 is 1.15 bits per heavy atom. The van der Waals surface area contributed by atoms with E-state index >= 15 is 0 Å². The molecule has 0 saturated heterocycles. The number of Topliss-reactive ketones (excluding diaryl/α,β-unsaturated/α-hetero) is 1. The summed E-state index contributed by atoms with van der Waals surface area (Å²) in [4.78, 5) is 12.3. The molecule has 2 heteroatoms. The van der Waals surface area contributed by atoms with Crippen LogP contribution in [0.4, 0.5) is 5.69 Å². The molecule has 1 atom stereocenters. The highest BCUT2D eigenvalue weighted by Gasteiger charge is 2.25. The topological polar surface area (TPSA) is 29.1 Å². The zero-order valence-electron chi connectivity index (χ0n) is 11.9. The number of anilines is 1. The van der Waals surface area contributed by atoms with Crippen LogP contribution in [-0.4, -0.2) is 11.8 Å². The van der Waals surface area contributed by atoms with Gasteiger partial charge in [-0.15, -0.1) is 0 Å². The molecule has 0 bridgehead atoms. The number of para-hydroxylation sites is 1. The zero-order valence-corrected chi connectivity index (χ0v) is 11.9. The van der Waals surface area contributed by atoms with Gasteiger partial charge in [0, 0.05) is 12.1 Å². The molecule has 0 fully saturated rings. The molecule has 0 radical (unpaired) electrons. The first-order valence-corrected chi connectivity index (χ1v) is 7.07. The van der Waals surface area contributed by atoms with Crippen LogP contribution in [0.5, 0.6) is 0 Å². The molecule has 3 rings (SSSR count). The Bertz CT molecular complexity index is 660. The molecular formula is C18H19NO. The predicted octanol–water partition coefficient (Wildman–Crippen LogP) is 3.45. The van der Waals surface area contributed by atoms with Gasteiger partial charge in [-0.25, -0.2) is 0 Å². The Hall–Kier alpha value is -2.09. The average Bonchev–Trinajstić information content (AvgIpc) is 2.42. The molecule has 0 aliphatic carbocycles. The minimum Gasteiger partial charge on any atom is -0.375 e. The fourth-order valence-corrected chi connectivity index (χ4v) is 2.85. The highest BCUT2D eigenvalue weighted by molar-refractivity contribution is 5.93. The number of rotatable bonds is 2. The molecule has 102 valence electrons. The van der Waals surface area contributed by atoms with E-state index in [1.165, 1.54) is 16.7 Å². The first-order chi connectivity index (χ1) is 9.63. The van der Waals surface area contributed by atoms with Gasteiger partial charge in [-0.2, -0.15) is 0 Å². The first kappa shape index (κ1) is 12.9. The predicted molar refractivity (Wildman–Crippen MR) is 82.2 cm³/mol. The highest BCUT2D eigenvalue weighted by atomic mass is 16.1. The number of aryl methyl sites for hydroxylation is 2. The second-order valence-corrected chi connectivity index (χ2v) is 5.63. The maximum absolute atomic E-state index is 12.3. The van der Waals surface area contributed by atoms with Crippen molar-refractivity contribution in [1.82, 2.24) is 0 Å². The van der Waals surface area contributed by atoms with Gasteiger partial charge in [0.2, 0.25) is 0 Å². The van der Waals surface area contributed by atoms with Crippen molar-refractivity contribution in [2.75, 3.05) is 5.32 Å². The van der Waals surface area contributed by atoms with Crippen LogP contribution in [0, 0.1) is 13.8 Å². The number of ketones is 1. The maximum Gasteiger partial charge on any atom is 0.159 e. The lowest BCUT2D eigenvalue weighted by atomic mass is 9.91. The summed E-state index contributed by atoms with van der Waals surface area (Å²) in [6, 6.07) is 14.4. The quantitative estimate of drug-likeness (QED) is 0.901. The SMILES string of the molecule is Cc1ccc(C[C@H]2Nc3ccccc3CC2=O)c(C)c1. The lowest BCUT2D eigenvalue weighted by molar-refractivity contribution is -0.119. The fourth-order valence-electron chi connectivity index (χ4n) is 2.85. The minimum absolute atomic E-state index is 0.105. The minimum atomic E-state index is -0.105. The van der Waals surface area contributed by atoms with Gasteiger partial charge in [0.1, 0.15) is 0 Å². The number of benzene rings is 2. The summed E-state index contributed by atoms with van der Waals surface area (Å²) >= 11 is 0. The number of fused-ring (bicyclic) bond motifs is 1. The van der Waals surface area contributed by atoms with E-state index in [0.717, 1.165) is 17.7 Å². The van der Waals surface area contributed by atoms with E-state index < -0.39 is 0 Å². The second-order valence-electron chi connectivity index (χ2n) is 5.63. The molecule has 1 aliphatic rings. The molecule has 0 unspecified atom stereocenters. The molecule has 0 saturated carbocycles. The number of carbonyl (C=O) groups excluding carboxylic acids is 1. The van der Waals surface area contributed by atoms with Crippen LogP contribution in [0.3, 0.4) is 0 Å². The third kappa shape index (κ3) is 2.46. The van der Waals surface area contributed by atoms with Crippen LogP contribution in [-0.2, 0) is 17.6 Å².